The van der Waals surface area contributed by atoms with Crippen molar-refractivity contribution in [3.05, 3.63) is 118 Å². The van der Waals surface area contributed by atoms with Crippen LogP contribution in [0.2, 0.25) is 0 Å². The summed E-state index contributed by atoms with van der Waals surface area (Å²) in [5.41, 5.74) is 2.09. The Balaban J connectivity index is 0.000000379. The van der Waals surface area contributed by atoms with Gasteiger partial charge in [0.05, 0.1) is 0 Å². The first-order chi connectivity index (χ1) is 12.8. The van der Waals surface area contributed by atoms with E-state index in [1.54, 1.807) is 0 Å². The second-order valence-corrected chi connectivity index (χ2v) is 5.69. The predicted molar refractivity (Wildman–Crippen MR) is 102 cm³/mol. The van der Waals surface area contributed by atoms with Crippen molar-refractivity contribution in [2.24, 2.45) is 0 Å². The number of carbonyl (C=O) groups excluding carboxylic acids is 1. The van der Waals surface area contributed by atoms with Crippen LogP contribution in [0.15, 0.2) is 43.0 Å². The standard InChI is InChI=1S/C17H14N3O.C5H5.Fe/c1-13-6-2-5-9-15(13)17(21)16(20-12-18-11-19-20)10-14-7-3-4-8-14;1-2-4-5-3-1;/h2-12H,1H3;1-5H;/q;;+2/b16-10-;;. The summed E-state index contributed by atoms with van der Waals surface area (Å²) in [6.45, 7) is 1.93. The quantitative estimate of drug-likeness (QED) is 0.449. The van der Waals surface area contributed by atoms with Crippen molar-refractivity contribution >= 4 is 11.5 Å². The molecule has 0 spiro atoms. The predicted octanol–water partition coefficient (Wildman–Crippen LogP) is 3.73. The summed E-state index contributed by atoms with van der Waals surface area (Å²) in [7, 11) is 0. The van der Waals surface area contributed by atoms with Gasteiger partial charge in [0, 0.05) is 11.5 Å². The maximum Gasteiger partial charge on any atom is 2.00 e. The van der Waals surface area contributed by atoms with Crippen LogP contribution in [0.4, 0.5) is 0 Å². The van der Waals surface area contributed by atoms with Gasteiger partial charge in [0.15, 0.2) is 0 Å². The molecule has 0 aliphatic heterocycles. The molecule has 1 aromatic heterocycles. The number of aryl methyl sites for hydroxylation is 1. The van der Waals surface area contributed by atoms with Gasteiger partial charge in [-0.3, -0.25) is 4.79 Å². The molecule has 2 fully saturated rings. The molecule has 1 aromatic carbocycles. The zero-order valence-corrected chi connectivity index (χ0v) is 15.9. The van der Waals surface area contributed by atoms with E-state index in [4.69, 9.17) is 0 Å². The van der Waals surface area contributed by atoms with Crippen LogP contribution in [0.3, 0.4) is 0 Å². The molecule has 0 N–H and O–H groups in total. The Morgan fingerprint density at radius 3 is 2.15 bits per heavy atom. The van der Waals surface area contributed by atoms with Crippen LogP contribution in [0.1, 0.15) is 15.9 Å². The Kier molecular flexibility index (Phi) is 8.96. The fourth-order valence-corrected chi connectivity index (χ4v) is 2.50. The number of hydrogen-bond donors (Lipinski definition) is 0. The van der Waals surface area contributed by atoms with Crippen molar-refractivity contribution in [3.8, 4) is 0 Å². The Labute approximate surface area is 172 Å². The van der Waals surface area contributed by atoms with Crippen LogP contribution >= 0.6 is 0 Å². The summed E-state index contributed by atoms with van der Waals surface area (Å²) in [6.07, 6.45) is 22.5. The van der Waals surface area contributed by atoms with Gasteiger partial charge in [-0.15, -0.1) is 0 Å². The van der Waals surface area contributed by atoms with E-state index >= 15 is 0 Å². The van der Waals surface area contributed by atoms with Crippen LogP contribution in [0.25, 0.3) is 5.70 Å². The summed E-state index contributed by atoms with van der Waals surface area (Å²) in [4.78, 5) is 16.8. The van der Waals surface area contributed by atoms with Crippen LogP contribution in [0.5, 0.6) is 0 Å². The fraction of sp³-hybridized carbons (Fsp3) is 0.0455. The summed E-state index contributed by atoms with van der Waals surface area (Å²) in [5, 5.41) is 4.09. The minimum absolute atomic E-state index is 0. The number of carbonyl (C=O) groups is 1. The number of allylic oxidation sites excluding steroid dienone is 2. The molecule has 2 saturated carbocycles. The minimum Gasteiger partial charge on any atom is -0.287 e. The third-order valence-corrected chi connectivity index (χ3v) is 3.84. The zero-order chi connectivity index (χ0) is 18.2. The van der Waals surface area contributed by atoms with Crippen LogP contribution in [-0.4, -0.2) is 20.5 Å². The molecule has 0 saturated heterocycles. The molecule has 134 valence electrons. The maximum atomic E-state index is 12.8. The average Bonchev–Trinajstić information content (AvgIpc) is 3.45. The molecule has 27 heavy (non-hydrogen) atoms. The average molecular weight is 397 g/mol. The smallest absolute Gasteiger partial charge is 0.287 e. The van der Waals surface area contributed by atoms with E-state index < -0.39 is 0 Å². The molecule has 10 radical (unpaired) electrons. The minimum atomic E-state index is -0.0696. The summed E-state index contributed by atoms with van der Waals surface area (Å²) in [6, 6.07) is 7.53. The zero-order valence-electron chi connectivity index (χ0n) is 14.8. The van der Waals surface area contributed by atoms with E-state index in [-0.39, 0.29) is 22.9 Å². The molecular formula is C22H19FeN3O+2. The van der Waals surface area contributed by atoms with Gasteiger partial charge in [0.25, 0.3) is 0 Å². The Morgan fingerprint density at radius 1 is 0.963 bits per heavy atom. The van der Waals surface area contributed by atoms with E-state index in [9.17, 15) is 4.79 Å². The molecule has 2 aromatic rings. The van der Waals surface area contributed by atoms with Crippen molar-refractivity contribution in [1.82, 2.24) is 14.8 Å². The first-order valence-electron chi connectivity index (χ1n) is 8.31. The van der Waals surface area contributed by atoms with Crippen molar-refractivity contribution in [2.75, 3.05) is 0 Å². The summed E-state index contributed by atoms with van der Waals surface area (Å²) < 4.78 is 1.50. The second-order valence-electron chi connectivity index (χ2n) is 5.69. The van der Waals surface area contributed by atoms with Crippen molar-refractivity contribution < 1.29 is 21.9 Å². The van der Waals surface area contributed by atoms with Crippen LogP contribution < -0.4 is 0 Å². The van der Waals surface area contributed by atoms with E-state index in [0.29, 0.717) is 11.3 Å². The second kappa shape index (κ2) is 11.2. The van der Waals surface area contributed by atoms with Gasteiger partial charge in [-0.2, -0.15) is 5.10 Å². The van der Waals surface area contributed by atoms with Gasteiger partial charge < -0.3 is 0 Å². The van der Waals surface area contributed by atoms with E-state index in [1.807, 2.05) is 95.1 Å². The third-order valence-electron chi connectivity index (χ3n) is 3.84. The summed E-state index contributed by atoms with van der Waals surface area (Å²) in [5.74, 6) is 0.891. The van der Waals surface area contributed by atoms with Gasteiger partial charge in [-0.05, 0) is 76.4 Å². The fourth-order valence-electron chi connectivity index (χ4n) is 2.50. The number of hydrogen-bond acceptors (Lipinski definition) is 3. The molecule has 0 amide bonds. The first kappa shape index (κ1) is 21.6. The number of ketones is 1. The van der Waals surface area contributed by atoms with Crippen molar-refractivity contribution in [1.29, 1.82) is 0 Å². The number of nitrogens with zero attached hydrogens (tertiary/aromatic N) is 3. The topological polar surface area (TPSA) is 47.8 Å². The van der Waals surface area contributed by atoms with Crippen molar-refractivity contribution in [3.63, 3.8) is 0 Å². The first-order valence-corrected chi connectivity index (χ1v) is 8.31. The largest absolute Gasteiger partial charge is 2.00 e. The maximum absolute atomic E-state index is 12.8. The molecule has 0 unspecified atom stereocenters. The van der Waals surface area contributed by atoms with E-state index in [1.165, 1.54) is 17.3 Å². The van der Waals surface area contributed by atoms with Gasteiger partial charge in [-0.1, -0.05) is 24.3 Å². The molecule has 2 aliphatic carbocycles. The Hall–Kier alpha value is -1.71. The molecule has 0 atom stereocenters. The van der Waals surface area contributed by atoms with E-state index in [2.05, 4.69) is 10.1 Å². The van der Waals surface area contributed by atoms with Crippen LogP contribution in [0, 0.1) is 70.6 Å². The number of benzene rings is 1. The molecular weight excluding hydrogens is 378 g/mol. The summed E-state index contributed by atoms with van der Waals surface area (Å²) >= 11 is 0. The Morgan fingerprint density at radius 2 is 1.59 bits per heavy atom. The number of Topliss-reactive ketones (excluding diaryl/α,β-unsaturated/α-hetero) is 1. The molecule has 2 aliphatic rings. The van der Waals surface area contributed by atoms with Crippen molar-refractivity contribution in [2.45, 2.75) is 6.92 Å². The number of rotatable bonds is 4. The van der Waals surface area contributed by atoms with Gasteiger partial charge >= 0.3 is 17.1 Å². The molecule has 5 heteroatoms. The monoisotopic (exact) mass is 397 g/mol. The molecule has 0 bridgehead atoms. The normalized spacial score (nSPS) is 17.1. The van der Waals surface area contributed by atoms with Crippen LogP contribution in [-0.2, 0) is 17.1 Å². The third kappa shape index (κ3) is 6.15. The molecule has 4 nitrogen and oxygen atoms in total. The van der Waals surface area contributed by atoms with E-state index in [0.717, 1.165) is 11.5 Å². The Bertz CT molecular complexity index is 722. The molecule has 4 rings (SSSR count). The number of aromatic nitrogens is 3. The van der Waals surface area contributed by atoms with Gasteiger partial charge in [0.1, 0.15) is 18.4 Å². The van der Waals surface area contributed by atoms with Gasteiger partial charge in [0.2, 0.25) is 5.78 Å². The van der Waals surface area contributed by atoms with Gasteiger partial charge in [-0.25, -0.2) is 9.67 Å². The SMILES string of the molecule is Cc1ccccc1C(=O)/C(=C/[C]1[CH][CH][CH][CH]1)n1cncn1.[CH]1[CH][CH][CH][CH]1.[Fe+2]. The molecule has 1 heterocycles.